The second-order valence-corrected chi connectivity index (χ2v) is 4.66. The molecule has 15 heavy (non-hydrogen) atoms. The summed E-state index contributed by atoms with van der Waals surface area (Å²) in [4.78, 5) is 0. The van der Waals surface area contributed by atoms with Crippen LogP contribution >= 0.6 is 0 Å². The van der Waals surface area contributed by atoms with E-state index >= 15 is 0 Å². The molecule has 0 saturated heterocycles. The van der Waals surface area contributed by atoms with Crippen LogP contribution in [0.3, 0.4) is 0 Å². The molecule has 1 aromatic heterocycles. The Labute approximate surface area is 92.9 Å². The Morgan fingerprint density at radius 1 is 1.40 bits per heavy atom. The minimum Gasteiger partial charge on any atom is -0.313 e. The average Bonchev–Trinajstić information content (AvgIpc) is 2.46. The van der Waals surface area contributed by atoms with E-state index in [-0.39, 0.29) is 0 Å². The molecule has 0 saturated carbocycles. The third kappa shape index (κ3) is 3.34. The molecular formula is C12H23N3. The third-order valence-corrected chi connectivity index (χ3v) is 2.81. The Bertz CT molecular complexity index is 302. The van der Waals surface area contributed by atoms with Crippen molar-refractivity contribution in [3.8, 4) is 0 Å². The van der Waals surface area contributed by atoms with E-state index in [1.807, 2.05) is 18.8 Å². The maximum absolute atomic E-state index is 4.38. The quantitative estimate of drug-likeness (QED) is 0.807. The maximum atomic E-state index is 4.38. The van der Waals surface area contributed by atoms with Crippen molar-refractivity contribution in [2.24, 2.45) is 13.0 Å². The lowest BCUT2D eigenvalue weighted by molar-refractivity contribution is 0.463. The van der Waals surface area contributed by atoms with Gasteiger partial charge in [0.05, 0.1) is 5.69 Å². The number of nitrogens with one attached hydrogen (secondary N) is 1. The fraction of sp³-hybridized carbons (Fsp3) is 0.750. The molecule has 0 fully saturated rings. The van der Waals surface area contributed by atoms with Crippen LogP contribution in [-0.4, -0.2) is 16.8 Å². The zero-order valence-electron chi connectivity index (χ0n) is 10.5. The van der Waals surface area contributed by atoms with Gasteiger partial charge in [-0.3, -0.25) is 4.68 Å². The van der Waals surface area contributed by atoms with Crippen molar-refractivity contribution in [1.82, 2.24) is 15.1 Å². The van der Waals surface area contributed by atoms with Gasteiger partial charge in [0, 0.05) is 24.8 Å². The number of rotatable bonds is 5. The molecule has 0 radical (unpaired) electrons. The highest BCUT2D eigenvalue weighted by molar-refractivity contribution is 5.19. The molecule has 0 aliphatic rings. The van der Waals surface area contributed by atoms with E-state index in [1.54, 1.807) is 0 Å². The summed E-state index contributed by atoms with van der Waals surface area (Å²) in [5.41, 5.74) is 2.47. The van der Waals surface area contributed by atoms with Crippen LogP contribution in [0.5, 0.6) is 0 Å². The van der Waals surface area contributed by atoms with E-state index in [0.29, 0.717) is 6.04 Å². The lowest BCUT2D eigenvalue weighted by Gasteiger charge is -2.16. The Hall–Kier alpha value is -0.830. The fourth-order valence-electron chi connectivity index (χ4n) is 1.92. The molecule has 1 N–H and O–H groups in total. The number of nitrogens with zero attached hydrogens (tertiary/aromatic N) is 2. The lowest BCUT2D eigenvalue weighted by atomic mass is 9.98. The maximum Gasteiger partial charge on any atom is 0.0641 e. The van der Waals surface area contributed by atoms with Gasteiger partial charge in [-0.25, -0.2) is 0 Å². The molecule has 0 bridgehead atoms. The first kappa shape index (κ1) is 12.2. The first-order chi connectivity index (χ1) is 7.04. The molecule has 3 nitrogen and oxygen atoms in total. The number of hydrogen-bond donors (Lipinski definition) is 1. The van der Waals surface area contributed by atoms with Crippen molar-refractivity contribution in [1.29, 1.82) is 0 Å². The largest absolute Gasteiger partial charge is 0.313 e. The molecule has 0 spiro atoms. The van der Waals surface area contributed by atoms with Gasteiger partial charge >= 0.3 is 0 Å². The molecule has 1 unspecified atom stereocenters. The van der Waals surface area contributed by atoms with Crippen molar-refractivity contribution < 1.29 is 0 Å². The van der Waals surface area contributed by atoms with Crippen molar-refractivity contribution in [3.05, 3.63) is 17.5 Å². The summed E-state index contributed by atoms with van der Waals surface area (Å²) in [7, 11) is 4.00. The van der Waals surface area contributed by atoms with Crippen LogP contribution in [0, 0.1) is 12.8 Å². The van der Waals surface area contributed by atoms with Gasteiger partial charge in [-0.05, 0) is 32.7 Å². The summed E-state index contributed by atoms with van der Waals surface area (Å²) in [6.45, 7) is 6.61. The monoisotopic (exact) mass is 209 g/mol. The minimum absolute atomic E-state index is 0.445. The standard InChI is InChI=1S/C12H23N3/c1-9(2)6-7-12(13-4)11-8-15(5)14-10(11)3/h8-9,12-13H,6-7H2,1-5H3. The number of aromatic nitrogens is 2. The van der Waals surface area contributed by atoms with E-state index in [1.165, 1.54) is 18.4 Å². The second kappa shape index (κ2) is 5.31. The topological polar surface area (TPSA) is 29.9 Å². The molecule has 1 aromatic rings. The van der Waals surface area contributed by atoms with E-state index in [0.717, 1.165) is 11.6 Å². The van der Waals surface area contributed by atoms with Gasteiger partial charge in [0.1, 0.15) is 0 Å². The SMILES string of the molecule is CNC(CCC(C)C)c1cn(C)nc1C. The highest BCUT2D eigenvalue weighted by atomic mass is 15.3. The summed E-state index contributed by atoms with van der Waals surface area (Å²) in [5.74, 6) is 0.762. The summed E-state index contributed by atoms with van der Waals surface area (Å²) >= 11 is 0. The van der Waals surface area contributed by atoms with Crippen molar-refractivity contribution in [2.45, 2.75) is 39.7 Å². The minimum atomic E-state index is 0.445. The fourth-order valence-corrected chi connectivity index (χ4v) is 1.92. The van der Waals surface area contributed by atoms with Gasteiger partial charge in [-0.15, -0.1) is 0 Å². The molecule has 0 amide bonds. The van der Waals surface area contributed by atoms with Crippen LogP contribution in [0.4, 0.5) is 0 Å². The van der Waals surface area contributed by atoms with Gasteiger partial charge in [0.15, 0.2) is 0 Å². The van der Waals surface area contributed by atoms with Gasteiger partial charge in [0.25, 0.3) is 0 Å². The van der Waals surface area contributed by atoms with Crippen LogP contribution in [0.2, 0.25) is 0 Å². The molecule has 1 heterocycles. The lowest BCUT2D eigenvalue weighted by Crippen LogP contribution is -2.17. The highest BCUT2D eigenvalue weighted by Gasteiger charge is 2.14. The molecule has 0 aliphatic heterocycles. The number of aryl methyl sites for hydroxylation is 2. The summed E-state index contributed by atoms with van der Waals surface area (Å²) < 4.78 is 1.89. The first-order valence-electron chi connectivity index (χ1n) is 5.72. The van der Waals surface area contributed by atoms with Crippen LogP contribution in [0.1, 0.15) is 44.0 Å². The van der Waals surface area contributed by atoms with Crippen molar-refractivity contribution >= 4 is 0 Å². The Morgan fingerprint density at radius 3 is 2.47 bits per heavy atom. The molecule has 1 rings (SSSR count). The third-order valence-electron chi connectivity index (χ3n) is 2.81. The Morgan fingerprint density at radius 2 is 2.07 bits per heavy atom. The van der Waals surface area contributed by atoms with Crippen molar-refractivity contribution in [3.63, 3.8) is 0 Å². The van der Waals surface area contributed by atoms with Crippen LogP contribution in [0.15, 0.2) is 6.20 Å². The summed E-state index contributed by atoms with van der Waals surface area (Å²) in [6.07, 6.45) is 4.55. The van der Waals surface area contributed by atoms with Gasteiger partial charge in [-0.2, -0.15) is 5.10 Å². The molecule has 1 atom stereocenters. The van der Waals surface area contributed by atoms with E-state index in [9.17, 15) is 0 Å². The van der Waals surface area contributed by atoms with Gasteiger partial charge in [0.2, 0.25) is 0 Å². The van der Waals surface area contributed by atoms with E-state index in [2.05, 4.69) is 37.4 Å². The summed E-state index contributed by atoms with van der Waals surface area (Å²) in [5, 5.41) is 7.76. The smallest absolute Gasteiger partial charge is 0.0641 e. The Kier molecular flexibility index (Phi) is 4.33. The van der Waals surface area contributed by atoms with Crippen LogP contribution < -0.4 is 5.32 Å². The molecular weight excluding hydrogens is 186 g/mol. The predicted molar refractivity (Wildman–Crippen MR) is 63.8 cm³/mol. The molecule has 0 aliphatic carbocycles. The van der Waals surface area contributed by atoms with Crippen molar-refractivity contribution in [2.75, 3.05) is 7.05 Å². The van der Waals surface area contributed by atoms with Crippen LogP contribution in [-0.2, 0) is 7.05 Å². The van der Waals surface area contributed by atoms with Crippen LogP contribution in [0.25, 0.3) is 0 Å². The average molecular weight is 209 g/mol. The molecule has 0 aromatic carbocycles. The predicted octanol–water partition coefficient (Wildman–Crippen LogP) is 2.43. The molecule has 86 valence electrons. The van der Waals surface area contributed by atoms with E-state index < -0.39 is 0 Å². The molecule has 3 heteroatoms. The first-order valence-corrected chi connectivity index (χ1v) is 5.72. The second-order valence-electron chi connectivity index (χ2n) is 4.66. The van der Waals surface area contributed by atoms with E-state index in [4.69, 9.17) is 0 Å². The normalized spacial score (nSPS) is 13.5. The van der Waals surface area contributed by atoms with Gasteiger partial charge in [-0.1, -0.05) is 13.8 Å². The Balaban J connectivity index is 2.69. The zero-order chi connectivity index (χ0) is 11.4. The summed E-state index contributed by atoms with van der Waals surface area (Å²) in [6, 6.07) is 0.445. The number of hydrogen-bond acceptors (Lipinski definition) is 2. The zero-order valence-corrected chi connectivity index (χ0v) is 10.5. The highest BCUT2D eigenvalue weighted by Crippen LogP contribution is 2.22. The van der Waals surface area contributed by atoms with Gasteiger partial charge < -0.3 is 5.32 Å².